The van der Waals surface area contributed by atoms with Gasteiger partial charge in [0.2, 0.25) is 15.6 Å². The van der Waals surface area contributed by atoms with Crippen molar-refractivity contribution in [3.8, 4) is 0 Å². The summed E-state index contributed by atoms with van der Waals surface area (Å²) in [6.45, 7) is -1.69. The van der Waals surface area contributed by atoms with Crippen LogP contribution in [-0.2, 0) is 10.0 Å². The normalized spacial score (nSPS) is 12.1. The highest BCUT2D eigenvalue weighted by molar-refractivity contribution is 7.89. The van der Waals surface area contributed by atoms with Crippen LogP contribution in [0.4, 0.5) is 18.9 Å². The zero-order chi connectivity index (χ0) is 21.2. The Bertz CT molecular complexity index is 1220. The molecule has 3 N–H and O–H groups in total. The number of sulfonamides is 1. The van der Waals surface area contributed by atoms with Gasteiger partial charge in [0.05, 0.1) is 10.5 Å². The molecule has 11 heteroatoms. The van der Waals surface area contributed by atoms with Gasteiger partial charge >= 0.3 is 6.18 Å². The molecule has 0 fully saturated rings. The summed E-state index contributed by atoms with van der Waals surface area (Å²) >= 11 is 0. The number of benzene rings is 2. The topological polar surface area (TPSA) is 108 Å². The predicted octanol–water partition coefficient (Wildman–Crippen LogP) is 2.62. The second-order valence-electron chi connectivity index (χ2n) is 6.01. The number of anilines is 1. The van der Waals surface area contributed by atoms with E-state index in [0.717, 1.165) is 18.2 Å². The Labute approximate surface area is 162 Å². The van der Waals surface area contributed by atoms with Gasteiger partial charge in [-0.05, 0) is 30.3 Å². The number of pyridine rings is 1. The van der Waals surface area contributed by atoms with E-state index in [1.54, 1.807) is 24.3 Å². The van der Waals surface area contributed by atoms with Gasteiger partial charge in [-0.3, -0.25) is 9.59 Å². The van der Waals surface area contributed by atoms with Crippen LogP contribution in [0, 0.1) is 0 Å². The molecule has 0 aliphatic rings. The van der Waals surface area contributed by atoms with Crippen LogP contribution in [0.2, 0.25) is 0 Å². The SMILES string of the molecule is O=C(Nc1ccc(S(=O)(=O)NCC(F)(F)F)cc1)c1cc(=O)[nH]c2ccccc12. The number of amides is 1. The summed E-state index contributed by atoms with van der Waals surface area (Å²) in [5.74, 6) is -0.599. The largest absolute Gasteiger partial charge is 0.402 e. The third-order valence-electron chi connectivity index (χ3n) is 3.88. The number of halogens is 3. The second-order valence-corrected chi connectivity index (χ2v) is 7.78. The van der Waals surface area contributed by atoms with Gasteiger partial charge < -0.3 is 10.3 Å². The first kappa shape index (κ1) is 20.6. The summed E-state index contributed by atoms with van der Waals surface area (Å²) in [7, 11) is -4.35. The van der Waals surface area contributed by atoms with Gasteiger partial charge in [0, 0.05) is 22.7 Å². The Morgan fingerprint density at radius 1 is 1.03 bits per heavy atom. The average Bonchev–Trinajstić information content (AvgIpc) is 2.65. The van der Waals surface area contributed by atoms with E-state index in [-0.39, 0.29) is 16.1 Å². The number of nitrogens with one attached hydrogen (secondary N) is 3. The number of fused-ring (bicyclic) bond motifs is 1. The highest BCUT2D eigenvalue weighted by Crippen LogP contribution is 2.19. The van der Waals surface area contributed by atoms with Gasteiger partial charge in [-0.15, -0.1) is 0 Å². The molecule has 3 aromatic rings. The van der Waals surface area contributed by atoms with Gasteiger partial charge in [-0.2, -0.15) is 13.2 Å². The lowest BCUT2D eigenvalue weighted by atomic mass is 10.1. The van der Waals surface area contributed by atoms with Gasteiger partial charge in [0.25, 0.3) is 5.91 Å². The standard InChI is InChI=1S/C18H14F3N3O4S/c19-18(20,21)10-22-29(27,28)12-7-5-11(6-8-12)23-17(26)14-9-16(25)24-15-4-2-1-3-13(14)15/h1-9,22H,10H2,(H,23,26)(H,24,25). The summed E-state index contributed by atoms with van der Waals surface area (Å²) in [5, 5.41) is 3.04. The van der Waals surface area contributed by atoms with Crippen LogP contribution < -0.4 is 15.6 Å². The average molecular weight is 425 g/mol. The number of hydrogen-bond donors (Lipinski definition) is 3. The molecule has 0 aliphatic heterocycles. The monoisotopic (exact) mass is 425 g/mol. The van der Waals surface area contributed by atoms with Crippen molar-refractivity contribution in [2.24, 2.45) is 0 Å². The molecule has 152 valence electrons. The van der Waals surface area contributed by atoms with Crippen LogP contribution in [0.25, 0.3) is 10.9 Å². The molecule has 29 heavy (non-hydrogen) atoms. The molecule has 0 spiro atoms. The minimum atomic E-state index is -4.68. The van der Waals surface area contributed by atoms with Gasteiger partial charge in [-0.1, -0.05) is 18.2 Å². The molecular weight excluding hydrogens is 411 g/mol. The first-order valence-electron chi connectivity index (χ1n) is 8.15. The van der Waals surface area contributed by atoms with Crippen molar-refractivity contribution in [1.82, 2.24) is 9.71 Å². The molecule has 0 saturated heterocycles. The molecule has 0 bridgehead atoms. The van der Waals surface area contributed by atoms with E-state index in [2.05, 4.69) is 10.3 Å². The maximum Gasteiger partial charge on any atom is 0.402 e. The molecule has 1 heterocycles. The number of aromatic amines is 1. The molecule has 1 aromatic heterocycles. The molecule has 0 radical (unpaired) electrons. The van der Waals surface area contributed by atoms with E-state index < -0.39 is 34.2 Å². The van der Waals surface area contributed by atoms with Crippen molar-refractivity contribution in [1.29, 1.82) is 0 Å². The summed E-state index contributed by atoms with van der Waals surface area (Å²) in [6.07, 6.45) is -4.68. The van der Waals surface area contributed by atoms with Crippen LogP contribution in [0.15, 0.2) is 64.3 Å². The van der Waals surface area contributed by atoms with E-state index >= 15 is 0 Å². The van der Waals surface area contributed by atoms with Gasteiger partial charge in [-0.25, -0.2) is 13.1 Å². The number of carbonyl (C=O) groups excluding carboxylic acids is 1. The van der Waals surface area contributed by atoms with Gasteiger partial charge in [0.1, 0.15) is 6.54 Å². The number of H-pyrrole nitrogens is 1. The Morgan fingerprint density at radius 3 is 2.34 bits per heavy atom. The van der Waals surface area contributed by atoms with Crippen molar-refractivity contribution < 1.29 is 26.4 Å². The fourth-order valence-electron chi connectivity index (χ4n) is 2.57. The lowest BCUT2D eigenvalue weighted by Gasteiger charge is -2.11. The zero-order valence-corrected chi connectivity index (χ0v) is 15.4. The van der Waals surface area contributed by atoms with Crippen molar-refractivity contribution in [3.63, 3.8) is 0 Å². The van der Waals surface area contributed by atoms with Crippen LogP contribution in [-0.4, -0.2) is 32.0 Å². The van der Waals surface area contributed by atoms with Crippen molar-refractivity contribution >= 4 is 32.5 Å². The first-order valence-corrected chi connectivity index (χ1v) is 9.63. The van der Waals surface area contributed by atoms with Gasteiger partial charge in [0.15, 0.2) is 0 Å². The van der Waals surface area contributed by atoms with E-state index in [1.165, 1.54) is 16.9 Å². The Morgan fingerprint density at radius 2 is 1.69 bits per heavy atom. The Balaban J connectivity index is 1.80. The summed E-state index contributed by atoms with van der Waals surface area (Å²) in [4.78, 5) is 26.5. The number of rotatable bonds is 5. The summed E-state index contributed by atoms with van der Waals surface area (Å²) in [5.41, 5.74) is 0.329. The Hall–Kier alpha value is -3.18. The zero-order valence-electron chi connectivity index (χ0n) is 14.6. The van der Waals surface area contributed by atoms with Crippen LogP contribution >= 0.6 is 0 Å². The molecule has 0 aliphatic carbocycles. The molecule has 0 saturated carbocycles. The highest BCUT2D eigenvalue weighted by atomic mass is 32.2. The van der Waals surface area contributed by atoms with Crippen molar-refractivity contribution in [3.05, 3.63) is 70.5 Å². The van der Waals surface area contributed by atoms with Crippen LogP contribution in [0.3, 0.4) is 0 Å². The fourth-order valence-corrected chi connectivity index (χ4v) is 3.58. The predicted molar refractivity (Wildman–Crippen MR) is 100 cm³/mol. The van der Waals surface area contributed by atoms with Crippen molar-refractivity contribution in [2.45, 2.75) is 11.1 Å². The Kier molecular flexibility index (Phi) is 5.44. The van der Waals surface area contributed by atoms with Crippen molar-refractivity contribution in [2.75, 3.05) is 11.9 Å². The molecular formula is C18H14F3N3O4S. The number of hydrogen-bond acceptors (Lipinski definition) is 4. The minimum Gasteiger partial charge on any atom is -0.322 e. The smallest absolute Gasteiger partial charge is 0.322 e. The van der Waals surface area contributed by atoms with E-state index in [1.807, 2.05) is 0 Å². The molecule has 0 atom stereocenters. The third-order valence-corrected chi connectivity index (χ3v) is 5.30. The molecule has 1 amide bonds. The lowest BCUT2D eigenvalue weighted by Crippen LogP contribution is -2.33. The maximum absolute atomic E-state index is 12.6. The lowest BCUT2D eigenvalue weighted by molar-refractivity contribution is -0.121. The maximum atomic E-state index is 12.6. The van der Waals surface area contributed by atoms with E-state index in [9.17, 15) is 31.2 Å². The molecule has 2 aromatic carbocycles. The van der Waals surface area contributed by atoms with Crippen LogP contribution in [0.5, 0.6) is 0 Å². The fraction of sp³-hybridized carbons (Fsp3) is 0.111. The summed E-state index contributed by atoms with van der Waals surface area (Å²) < 4.78 is 61.8. The molecule has 0 unspecified atom stereocenters. The quantitative estimate of drug-likeness (QED) is 0.584. The minimum absolute atomic E-state index is 0.118. The third kappa shape index (κ3) is 5.00. The molecule has 7 nitrogen and oxygen atoms in total. The van der Waals surface area contributed by atoms with E-state index in [0.29, 0.717) is 10.9 Å². The number of carbonyl (C=O) groups is 1. The number of alkyl halides is 3. The molecule has 3 rings (SSSR count). The van der Waals surface area contributed by atoms with E-state index in [4.69, 9.17) is 0 Å². The first-order chi connectivity index (χ1) is 13.5. The summed E-state index contributed by atoms with van der Waals surface area (Å²) in [6, 6.07) is 12.4. The van der Waals surface area contributed by atoms with Crippen LogP contribution in [0.1, 0.15) is 10.4 Å². The number of aromatic nitrogens is 1. The number of para-hydroxylation sites is 1. The second kappa shape index (κ2) is 7.68. The highest BCUT2D eigenvalue weighted by Gasteiger charge is 2.30.